The van der Waals surface area contributed by atoms with Crippen molar-refractivity contribution in [3.8, 4) is 0 Å². The first-order valence-electron chi connectivity index (χ1n) is 7.62. The summed E-state index contributed by atoms with van der Waals surface area (Å²) in [4.78, 5) is 6.87. The first kappa shape index (κ1) is 15.4. The number of piperidine rings is 1. The van der Waals surface area contributed by atoms with Crippen LogP contribution in [0.2, 0.25) is 0 Å². The minimum Gasteiger partial charge on any atom is -0.383 e. The van der Waals surface area contributed by atoms with Gasteiger partial charge in [-0.2, -0.15) is 5.10 Å². The predicted octanol–water partition coefficient (Wildman–Crippen LogP) is 0.746. The van der Waals surface area contributed by atoms with Gasteiger partial charge >= 0.3 is 0 Å². The standard InChI is InChI=1S/C14H27N5O/c1-3-19-14(16-12-17-19)11-18-7-4-5-13(10-18)9-15-6-8-20-2/h12-13,15H,3-11H2,1-2H3. The van der Waals surface area contributed by atoms with E-state index in [2.05, 4.69) is 27.2 Å². The molecule has 1 aliphatic heterocycles. The number of ether oxygens (including phenoxy) is 1. The van der Waals surface area contributed by atoms with Gasteiger partial charge < -0.3 is 10.1 Å². The number of methoxy groups -OCH3 is 1. The molecule has 2 rings (SSSR count). The fourth-order valence-corrected chi connectivity index (χ4v) is 2.82. The van der Waals surface area contributed by atoms with Gasteiger partial charge in [0.2, 0.25) is 0 Å². The van der Waals surface area contributed by atoms with Crippen molar-refractivity contribution in [2.75, 3.05) is 39.9 Å². The van der Waals surface area contributed by atoms with Crippen LogP contribution in [0.1, 0.15) is 25.6 Å². The van der Waals surface area contributed by atoms with E-state index < -0.39 is 0 Å². The maximum Gasteiger partial charge on any atom is 0.140 e. The molecule has 6 nitrogen and oxygen atoms in total. The van der Waals surface area contributed by atoms with Crippen LogP contribution in [0.15, 0.2) is 6.33 Å². The molecular weight excluding hydrogens is 254 g/mol. The molecular formula is C14H27N5O. The fraction of sp³-hybridized carbons (Fsp3) is 0.857. The van der Waals surface area contributed by atoms with Crippen molar-refractivity contribution in [1.82, 2.24) is 25.0 Å². The molecule has 1 aliphatic rings. The molecule has 0 aromatic carbocycles. The summed E-state index contributed by atoms with van der Waals surface area (Å²) in [7, 11) is 1.74. The number of nitrogens with zero attached hydrogens (tertiary/aromatic N) is 4. The van der Waals surface area contributed by atoms with Gasteiger partial charge in [-0.25, -0.2) is 9.67 Å². The van der Waals surface area contributed by atoms with Crippen molar-refractivity contribution < 1.29 is 4.74 Å². The van der Waals surface area contributed by atoms with Crippen LogP contribution in [0.5, 0.6) is 0 Å². The normalized spacial score (nSPS) is 20.4. The van der Waals surface area contributed by atoms with Gasteiger partial charge in [0.05, 0.1) is 13.2 Å². The fourth-order valence-electron chi connectivity index (χ4n) is 2.82. The molecule has 1 aromatic heterocycles. The SMILES string of the molecule is CCn1ncnc1CN1CCCC(CNCCOC)C1. The van der Waals surface area contributed by atoms with Gasteiger partial charge in [-0.15, -0.1) is 0 Å². The van der Waals surface area contributed by atoms with E-state index in [0.29, 0.717) is 0 Å². The summed E-state index contributed by atoms with van der Waals surface area (Å²) in [6.07, 6.45) is 4.25. The zero-order valence-electron chi connectivity index (χ0n) is 12.7. The molecule has 0 radical (unpaired) electrons. The van der Waals surface area contributed by atoms with Crippen molar-refractivity contribution in [3.05, 3.63) is 12.2 Å². The Morgan fingerprint density at radius 1 is 1.50 bits per heavy atom. The maximum atomic E-state index is 5.06. The minimum atomic E-state index is 0.735. The van der Waals surface area contributed by atoms with Gasteiger partial charge in [0.1, 0.15) is 12.2 Å². The van der Waals surface area contributed by atoms with E-state index in [1.807, 2.05) is 4.68 Å². The van der Waals surface area contributed by atoms with E-state index >= 15 is 0 Å². The smallest absolute Gasteiger partial charge is 0.140 e. The average molecular weight is 281 g/mol. The van der Waals surface area contributed by atoms with Crippen LogP contribution in [-0.2, 0) is 17.8 Å². The Morgan fingerprint density at radius 3 is 3.20 bits per heavy atom. The topological polar surface area (TPSA) is 55.2 Å². The summed E-state index contributed by atoms with van der Waals surface area (Å²) in [5.41, 5.74) is 0. The zero-order chi connectivity index (χ0) is 14.2. The van der Waals surface area contributed by atoms with E-state index in [1.54, 1.807) is 13.4 Å². The summed E-state index contributed by atoms with van der Waals surface area (Å²) in [6.45, 7) is 9.06. The molecule has 1 aromatic rings. The van der Waals surface area contributed by atoms with Gasteiger partial charge in [-0.3, -0.25) is 4.90 Å². The lowest BCUT2D eigenvalue weighted by atomic mass is 9.98. The van der Waals surface area contributed by atoms with E-state index in [4.69, 9.17) is 4.74 Å². The van der Waals surface area contributed by atoms with Gasteiger partial charge in [-0.1, -0.05) is 0 Å². The number of rotatable bonds is 8. The zero-order valence-corrected chi connectivity index (χ0v) is 12.7. The highest BCUT2D eigenvalue weighted by Gasteiger charge is 2.20. The highest BCUT2D eigenvalue weighted by molar-refractivity contribution is 4.86. The Morgan fingerprint density at radius 2 is 2.40 bits per heavy atom. The van der Waals surface area contributed by atoms with E-state index in [0.717, 1.165) is 51.1 Å². The van der Waals surface area contributed by atoms with Crippen LogP contribution in [-0.4, -0.2) is 59.6 Å². The summed E-state index contributed by atoms with van der Waals surface area (Å²) >= 11 is 0. The third-order valence-electron chi connectivity index (χ3n) is 3.88. The second kappa shape index (κ2) is 8.34. The monoisotopic (exact) mass is 281 g/mol. The number of aromatic nitrogens is 3. The molecule has 0 aliphatic carbocycles. The first-order valence-corrected chi connectivity index (χ1v) is 7.62. The lowest BCUT2D eigenvalue weighted by Gasteiger charge is -2.32. The third kappa shape index (κ3) is 4.54. The Balaban J connectivity index is 1.75. The maximum absolute atomic E-state index is 5.06. The molecule has 2 heterocycles. The molecule has 1 fully saturated rings. The summed E-state index contributed by atoms with van der Waals surface area (Å²) < 4.78 is 7.04. The first-order chi connectivity index (χ1) is 9.83. The summed E-state index contributed by atoms with van der Waals surface area (Å²) in [6, 6.07) is 0. The van der Waals surface area contributed by atoms with Crippen molar-refractivity contribution >= 4 is 0 Å². The van der Waals surface area contributed by atoms with Crippen molar-refractivity contribution in [3.63, 3.8) is 0 Å². The predicted molar refractivity (Wildman–Crippen MR) is 78.4 cm³/mol. The van der Waals surface area contributed by atoms with Crippen LogP contribution < -0.4 is 5.32 Å². The largest absolute Gasteiger partial charge is 0.383 e. The molecule has 1 saturated heterocycles. The molecule has 0 saturated carbocycles. The van der Waals surface area contributed by atoms with Gasteiger partial charge in [0.25, 0.3) is 0 Å². The quantitative estimate of drug-likeness (QED) is 0.713. The van der Waals surface area contributed by atoms with Crippen LogP contribution >= 0.6 is 0 Å². The molecule has 114 valence electrons. The average Bonchev–Trinajstić information content (AvgIpc) is 2.91. The van der Waals surface area contributed by atoms with Crippen LogP contribution in [0.4, 0.5) is 0 Å². The third-order valence-corrected chi connectivity index (χ3v) is 3.88. The van der Waals surface area contributed by atoms with Crippen molar-refractivity contribution in [2.24, 2.45) is 5.92 Å². The molecule has 1 N–H and O–H groups in total. The number of nitrogens with one attached hydrogen (secondary N) is 1. The van der Waals surface area contributed by atoms with E-state index in [-0.39, 0.29) is 0 Å². The molecule has 1 atom stereocenters. The highest BCUT2D eigenvalue weighted by Crippen LogP contribution is 2.17. The van der Waals surface area contributed by atoms with Gasteiger partial charge in [0, 0.05) is 26.7 Å². The second-order valence-corrected chi connectivity index (χ2v) is 5.43. The summed E-state index contributed by atoms with van der Waals surface area (Å²) in [5.74, 6) is 1.82. The van der Waals surface area contributed by atoms with Crippen molar-refractivity contribution in [1.29, 1.82) is 0 Å². The summed E-state index contributed by atoms with van der Waals surface area (Å²) in [5, 5.41) is 7.72. The van der Waals surface area contributed by atoms with E-state index in [1.165, 1.54) is 19.4 Å². The molecule has 0 spiro atoms. The van der Waals surface area contributed by atoms with Crippen LogP contribution in [0.25, 0.3) is 0 Å². The second-order valence-electron chi connectivity index (χ2n) is 5.43. The minimum absolute atomic E-state index is 0.735. The number of likely N-dealkylation sites (tertiary alicyclic amines) is 1. The molecule has 1 unspecified atom stereocenters. The molecule has 20 heavy (non-hydrogen) atoms. The highest BCUT2D eigenvalue weighted by atomic mass is 16.5. The Labute approximate surface area is 121 Å². The Kier molecular flexibility index (Phi) is 6.42. The Hall–Kier alpha value is -0.980. The van der Waals surface area contributed by atoms with E-state index in [9.17, 15) is 0 Å². The van der Waals surface area contributed by atoms with Crippen LogP contribution in [0.3, 0.4) is 0 Å². The van der Waals surface area contributed by atoms with Gasteiger partial charge in [0.15, 0.2) is 0 Å². The Bertz CT molecular complexity index is 381. The lowest BCUT2D eigenvalue weighted by Crippen LogP contribution is -2.40. The number of hydrogen-bond donors (Lipinski definition) is 1. The molecule has 0 bridgehead atoms. The van der Waals surface area contributed by atoms with Crippen molar-refractivity contribution in [2.45, 2.75) is 32.9 Å². The molecule has 6 heteroatoms. The molecule has 0 amide bonds. The van der Waals surface area contributed by atoms with Crippen LogP contribution in [0, 0.1) is 5.92 Å². The number of hydrogen-bond acceptors (Lipinski definition) is 5. The lowest BCUT2D eigenvalue weighted by molar-refractivity contribution is 0.154. The van der Waals surface area contributed by atoms with Gasteiger partial charge in [-0.05, 0) is 38.8 Å². The number of aryl methyl sites for hydroxylation is 1.